The Hall–Kier alpha value is -3.81. The molecule has 7 heteroatoms. The van der Waals surface area contributed by atoms with Crippen LogP contribution >= 0.6 is 0 Å². The van der Waals surface area contributed by atoms with E-state index >= 15 is 0 Å². The number of pyridine rings is 1. The SMILES string of the molecule is COC(=O)C(NC(=O)c1c(CN(C)C)c(-c2ccccc2)nc2ccccc12)C1=CC=CC2OC12. The van der Waals surface area contributed by atoms with Crippen LogP contribution in [0.5, 0.6) is 0 Å². The van der Waals surface area contributed by atoms with E-state index in [9.17, 15) is 9.59 Å². The molecule has 1 amide bonds. The van der Waals surface area contributed by atoms with Crippen LogP contribution in [0.15, 0.2) is 78.4 Å². The summed E-state index contributed by atoms with van der Waals surface area (Å²) in [6.45, 7) is 0.493. The number of aromatic nitrogens is 1. The molecule has 2 aromatic carbocycles. The first-order valence-electron chi connectivity index (χ1n) is 11.5. The number of carbonyl (C=O) groups is 2. The highest BCUT2D eigenvalue weighted by atomic mass is 16.6. The number of methoxy groups -OCH3 is 1. The quantitative estimate of drug-likeness (QED) is 0.421. The van der Waals surface area contributed by atoms with Crippen LogP contribution in [0.3, 0.4) is 0 Å². The molecule has 2 heterocycles. The minimum Gasteiger partial charge on any atom is -0.467 e. The molecule has 2 aliphatic rings. The van der Waals surface area contributed by atoms with Crippen LogP contribution in [0.4, 0.5) is 0 Å². The number of amides is 1. The maximum Gasteiger partial charge on any atom is 0.332 e. The number of fused-ring (bicyclic) bond motifs is 2. The van der Waals surface area contributed by atoms with Crippen molar-refractivity contribution in [3.63, 3.8) is 0 Å². The van der Waals surface area contributed by atoms with Crippen molar-refractivity contribution in [1.82, 2.24) is 15.2 Å². The van der Waals surface area contributed by atoms with E-state index in [2.05, 4.69) is 5.32 Å². The lowest BCUT2D eigenvalue weighted by atomic mass is 9.94. The fourth-order valence-electron chi connectivity index (χ4n) is 4.59. The number of carbonyl (C=O) groups excluding carboxylic acids is 2. The lowest BCUT2D eigenvalue weighted by molar-refractivity contribution is -0.141. The van der Waals surface area contributed by atoms with Crippen LogP contribution in [0, 0.1) is 0 Å². The molecule has 3 atom stereocenters. The first-order chi connectivity index (χ1) is 17.0. The average Bonchev–Trinajstić information content (AvgIpc) is 3.67. The Kier molecular flexibility index (Phi) is 6.19. The first-order valence-corrected chi connectivity index (χ1v) is 11.5. The van der Waals surface area contributed by atoms with Crippen LogP contribution in [0.1, 0.15) is 15.9 Å². The van der Waals surface area contributed by atoms with Crippen LogP contribution in [-0.2, 0) is 20.8 Å². The van der Waals surface area contributed by atoms with Crippen LogP contribution in [-0.4, -0.2) is 61.2 Å². The first kappa shape index (κ1) is 23.0. The van der Waals surface area contributed by atoms with Gasteiger partial charge in [-0.1, -0.05) is 66.8 Å². The Bertz CT molecular complexity index is 1350. The van der Waals surface area contributed by atoms with Gasteiger partial charge in [0.25, 0.3) is 5.91 Å². The molecule has 1 N–H and O–H groups in total. The highest BCUT2D eigenvalue weighted by Gasteiger charge is 2.46. The third-order valence-corrected chi connectivity index (χ3v) is 6.23. The van der Waals surface area contributed by atoms with Crippen molar-refractivity contribution in [3.8, 4) is 11.3 Å². The molecule has 3 unspecified atom stereocenters. The van der Waals surface area contributed by atoms with Crippen molar-refractivity contribution in [2.24, 2.45) is 0 Å². The van der Waals surface area contributed by atoms with E-state index in [1.807, 2.05) is 91.8 Å². The maximum absolute atomic E-state index is 14.0. The van der Waals surface area contributed by atoms with E-state index in [1.165, 1.54) is 7.11 Å². The number of hydrogen-bond acceptors (Lipinski definition) is 6. The fraction of sp³-hybridized carbons (Fsp3) is 0.250. The molecule has 1 aliphatic carbocycles. The van der Waals surface area contributed by atoms with E-state index in [0.717, 1.165) is 22.2 Å². The van der Waals surface area contributed by atoms with E-state index in [4.69, 9.17) is 14.5 Å². The van der Waals surface area contributed by atoms with E-state index in [1.54, 1.807) is 0 Å². The monoisotopic (exact) mass is 469 g/mol. The molecule has 0 radical (unpaired) electrons. The maximum atomic E-state index is 14.0. The summed E-state index contributed by atoms with van der Waals surface area (Å²) >= 11 is 0. The summed E-state index contributed by atoms with van der Waals surface area (Å²) in [5, 5.41) is 3.68. The molecule has 35 heavy (non-hydrogen) atoms. The van der Waals surface area contributed by atoms with Gasteiger partial charge < -0.3 is 19.7 Å². The Balaban J connectivity index is 1.65. The smallest absolute Gasteiger partial charge is 0.332 e. The van der Waals surface area contributed by atoms with Gasteiger partial charge in [-0.15, -0.1) is 0 Å². The van der Waals surface area contributed by atoms with Gasteiger partial charge in [0.2, 0.25) is 0 Å². The van der Waals surface area contributed by atoms with Crippen molar-refractivity contribution < 1.29 is 19.1 Å². The van der Waals surface area contributed by atoms with Gasteiger partial charge >= 0.3 is 5.97 Å². The van der Waals surface area contributed by atoms with Gasteiger partial charge in [0.15, 0.2) is 6.04 Å². The molecular formula is C28H27N3O4. The zero-order chi connectivity index (χ0) is 24.5. The summed E-state index contributed by atoms with van der Waals surface area (Å²) in [5.41, 5.74) is 4.34. The zero-order valence-corrected chi connectivity index (χ0v) is 19.9. The lowest BCUT2D eigenvalue weighted by Gasteiger charge is -2.23. The third-order valence-electron chi connectivity index (χ3n) is 6.23. The second-order valence-corrected chi connectivity index (χ2v) is 8.94. The molecule has 1 aromatic heterocycles. The minimum atomic E-state index is -0.952. The molecular weight excluding hydrogens is 442 g/mol. The number of ether oxygens (including phenoxy) is 2. The summed E-state index contributed by atoms with van der Waals surface area (Å²) in [5.74, 6) is -0.898. The number of epoxide rings is 1. The zero-order valence-electron chi connectivity index (χ0n) is 19.9. The van der Waals surface area contributed by atoms with Gasteiger partial charge in [0, 0.05) is 23.1 Å². The van der Waals surface area contributed by atoms with Crippen molar-refractivity contribution in [3.05, 3.63) is 89.5 Å². The second kappa shape index (κ2) is 9.44. The summed E-state index contributed by atoms with van der Waals surface area (Å²) in [7, 11) is 5.22. The number of hydrogen-bond donors (Lipinski definition) is 1. The molecule has 1 saturated heterocycles. The number of rotatable bonds is 7. The number of esters is 1. The van der Waals surface area contributed by atoms with Crippen molar-refractivity contribution in [2.75, 3.05) is 21.2 Å². The molecule has 0 saturated carbocycles. The fourth-order valence-corrected chi connectivity index (χ4v) is 4.59. The Morgan fingerprint density at radius 3 is 2.60 bits per heavy atom. The van der Waals surface area contributed by atoms with E-state index in [0.29, 0.717) is 23.2 Å². The molecule has 0 bridgehead atoms. The standard InChI is InChI=1S/C28H27N3O4/c1-31(2)16-20-23(18-12-7-8-14-21(18)29-24(20)17-10-5-4-6-11-17)27(32)30-25(28(33)34-3)19-13-9-15-22-26(19)35-22/h4-15,22,25-26H,16H2,1-3H3,(H,30,32). The average molecular weight is 470 g/mol. The van der Waals surface area contributed by atoms with Gasteiger partial charge in [-0.2, -0.15) is 0 Å². The van der Waals surface area contributed by atoms with Crippen molar-refractivity contribution in [1.29, 1.82) is 0 Å². The van der Waals surface area contributed by atoms with E-state index in [-0.39, 0.29) is 18.1 Å². The highest BCUT2D eigenvalue weighted by molar-refractivity contribution is 6.10. The normalized spacial score (nSPS) is 19.1. The third kappa shape index (κ3) is 4.48. The van der Waals surface area contributed by atoms with Crippen molar-refractivity contribution in [2.45, 2.75) is 24.8 Å². The number of nitrogens with zero attached hydrogens (tertiary/aromatic N) is 2. The lowest BCUT2D eigenvalue weighted by Crippen LogP contribution is -2.45. The molecule has 0 spiro atoms. The number of benzene rings is 2. The highest BCUT2D eigenvalue weighted by Crippen LogP contribution is 2.36. The molecule has 5 rings (SSSR count). The van der Waals surface area contributed by atoms with Gasteiger partial charge in [-0.05, 0) is 25.7 Å². The number of allylic oxidation sites excluding steroid dienone is 2. The van der Waals surface area contributed by atoms with E-state index < -0.39 is 12.0 Å². The molecule has 3 aromatic rings. The largest absolute Gasteiger partial charge is 0.467 e. The molecule has 178 valence electrons. The topological polar surface area (TPSA) is 84.1 Å². The molecule has 1 aliphatic heterocycles. The predicted octanol–water partition coefficient (Wildman–Crippen LogP) is 3.50. The second-order valence-electron chi connectivity index (χ2n) is 8.94. The van der Waals surface area contributed by atoms with Crippen LogP contribution in [0.25, 0.3) is 22.2 Å². The Labute approximate surface area is 204 Å². The Morgan fingerprint density at radius 1 is 1.11 bits per heavy atom. The minimum absolute atomic E-state index is 0.0604. The van der Waals surface area contributed by atoms with Gasteiger partial charge in [0.05, 0.1) is 23.9 Å². The summed E-state index contributed by atoms with van der Waals surface area (Å²) in [6.07, 6.45) is 5.31. The number of para-hydroxylation sites is 1. The number of nitrogens with one attached hydrogen (secondary N) is 1. The Morgan fingerprint density at radius 2 is 1.86 bits per heavy atom. The summed E-state index contributed by atoms with van der Waals surface area (Å²) < 4.78 is 10.7. The van der Waals surface area contributed by atoms with Gasteiger partial charge in [-0.25, -0.2) is 9.78 Å². The van der Waals surface area contributed by atoms with Crippen molar-refractivity contribution >= 4 is 22.8 Å². The summed E-state index contributed by atoms with van der Waals surface area (Å²) in [6, 6.07) is 16.4. The van der Waals surface area contributed by atoms with Crippen LogP contribution < -0.4 is 5.32 Å². The molecule has 1 fully saturated rings. The van der Waals surface area contributed by atoms with Gasteiger partial charge in [-0.3, -0.25) is 4.79 Å². The predicted molar refractivity (Wildman–Crippen MR) is 134 cm³/mol. The van der Waals surface area contributed by atoms with Crippen LogP contribution in [0.2, 0.25) is 0 Å². The van der Waals surface area contributed by atoms with Gasteiger partial charge in [0.1, 0.15) is 12.2 Å². The molecule has 7 nitrogen and oxygen atoms in total. The summed E-state index contributed by atoms with van der Waals surface area (Å²) in [4.78, 5) is 33.7.